The molecule has 1 aromatic carbocycles. The lowest BCUT2D eigenvalue weighted by atomic mass is 10.1. The van der Waals surface area contributed by atoms with E-state index in [0.29, 0.717) is 11.3 Å². The van der Waals surface area contributed by atoms with Crippen molar-refractivity contribution in [2.75, 3.05) is 0 Å². The molecule has 3 nitrogen and oxygen atoms in total. The number of benzene rings is 1. The molecule has 1 aromatic heterocycles. The first-order chi connectivity index (χ1) is 7.66. The van der Waals surface area contributed by atoms with Crippen molar-refractivity contribution >= 4 is 17.4 Å². The zero-order valence-corrected chi connectivity index (χ0v) is 9.40. The van der Waals surface area contributed by atoms with Gasteiger partial charge in [0, 0.05) is 11.8 Å². The molecule has 0 aliphatic rings. The fraction of sp³-hybridized carbons (Fsp3) is 0.0833. The van der Waals surface area contributed by atoms with E-state index < -0.39 is 0 Å². The van der Waals surface area contributed by atoms with E-state index in [1.54, 1.807) is 18.2 Å². The summed E-state index contributed by atoms with van der Waals surface area (Å²) in [5.74, 6) is -0.149. The van der Waals surface area contributed by atoms with Crippen LogP contribution in [0, 0.1) is 6.92 Å². The summed E-state index contributed by atoms with van der Waals surface area (Å²) in [4.78, 5) is 19.6. The van der Waals surface area contributed by atoms with Gasteiger partial charge in [0.25, 0.3) is 0 Å². The molecule has 4 heteroatoms. The summed E-state index contributed by atoms with van der Waals surface area (Å²) in [5, 5.41) is 0.0814. The Labute approximate surface area is 98.1 Å². The summed E-state index contributed by atoms with van der Waals surface area (Å²) in [6.45, 7) is 1.97. The van der Waals surface area contributed by atoms with Gasteiger partial charge in [-0.25, -0.2) is 9.97 Å². The maximum absolute atomic E-state index is 12.0. The van der Waals surface area contributed by atoms with Gasteiger partial charge in [0.15, 0.2) is 0 Å². The highest BCUT2D eigenvalue weighted by molar-refractivity contribution is 6.28. The van der Waals surface area contributed by atoms with Gasteiger partial charge < -0.3 is 0 Å². The molecule has 0 bridgehead atoms. The second-order valence-corrected chi connectivity index (χ2v) is 3.74. The third kappa shape index (κ3) is 2.25. The Bertz CT molecular complexity index is 523. The van der Waals surface area contributed by atoms with Gasteiger partial charge in [0.2, 0.25) is 11.1 Å². The molecule has 0 fully saturated rings. The van der Waals surface area contributed by atoms with Crippen molar-refractivity contribution in [2.45, 2.75) is 6.92 Å². The van der Waals surface area contributed by atoms with E-state index in [1.807, 2.05) is 19.1 Å². The Morgan fingerprint density at radius 2 is 1.88 bits per heavy atom. The van der Waals surface area contributed by atoms with Crippen LogP contribution in [0.1, 0.15) is 21.6 Å². The number of rotatable bonds is 2. The van der Waals surface area contributed by atoms with Crippen LogP contribution in [0.2, 0.25) is 5.28 Å². The molecule has 0 atom stereocenters. The quantitative estimate of drug-likeness (QED) is 0.591. The van der Waals surface area contributed by atoms with E-state index in [2.05, 4.69) is 9.97 Å². The average Bonchev–Trinajstić information content (AvgIpc) is 2.29. The fourth-order valence-electron chi connectivity index (χ4n) is 1.31. The van der Waals surface area contributed by atoms with Crippen LogP contribution in [-0.4, -0.2) is 15.8 Å². The molecule has 16 heavy (non-hydrogen) atoms. The normalized spacial score (nSPS) is 10.1. The van der Waals surface area contributed by atoms with Crippen LogP contribution in [0.3, 0.4) is 0 Å². The fourth-order valence-corrected chi connectivity index (χ4v) is 1.46. The van der Waals surface area contributed by atoms with Crippen LogP contribution in [0.4, 0.5) is 0 Å². The van der Waals surface area contributed by atoms with Crippen molar-refractivity contribution in [3.63, 3.8) is 0 Å². The molecule has 80 valence electrons. The molecule has 2 aromatic rings. The molecule has 0 unspecified atom stereocenters. The monoisotopic (exact) mass is 232 g/mol. The van der Waals surface area contributed by atoms with Gasteiger partial charge in [-0.15, -0.1) is 0 Å². The summed E-state index contributed by atoms with van der Waals surface area (Å²) in [7, 11) is 0. The van der Waals surface area contributed by atoms with Gasteiger partial charge in [-0.2, -0.15) is 0 Å². The highest BCUT2D eigenvalue weighted by Crippen LogP contribution is 2.10. The van der Waals surface area contributed by atoms with E-state index in [1.165, 1.54) is 6.20 Å². The number of hydrogen-bond acceptors (Lipinski definition) is 3. The number of nitrogens with zero attached hydrogens (tertiary/aromatic N) is 2. The first-order valence-electron chi connectivity index (χ1n) is 4.77. The van der Waals surface area contributed by atoms with E-state index in [0.717, 1.165) is 5.56 Å². The second kappa shape index (κ2) is 4.41. The highest BCUT2D eigenvalue weighted by atomic mass is 35.5. The Morgan fingerprint density at radius 1 is 1.19 bits per heavy atom. The lowest BCUT2D eigenvalue weighted by Crippen LogP contribution is -2.04. The Balaban J connectivity index is 2.35. The van der Waals surface area contributed by atoms with Gasteiger partial charge >= 0.3 is 0 Å². The van der Waals surface area contributed by atoms with Crippen molar-refractivity contribution < 1.29 is 4.79 Å². The van der Waals surface area contributed by atoms with Crippen molar-refractivity contribution in [1.82, 2.24) is 9.97 Å². The van der Waals surface area contributed by atoms with Crippen molar-refractivity contribution in [3.05, 3.63) is 58.6 Å². The second-order valence-electron chi connectivity index (χ2n) is 3.41. The molecule has 0 aliphatic heterocycles. The first kappa shape index (κ1) is 10.8. The lowest BCUT2D eigenvalue weighted by Gasteiger charge is -2.00. The zero-order valence-electron chi connectivity index (χ0n) is 8.64. The van der Waals surface area contributed by atoms with Crippen LogP contribution < -0.4 is 0 Å². The number of aryl methyl sites for hydroxylation is 1. The molecule has 0 spiro atoms. The number of halogens is 1. The maximum Gasteiger partial charge on any atom is 0.222 e. The van der Waals surface area contributed by atoms with Crippen LogP contribution in [0.15, 0.2) is 36.5 Å². The minimum Gasteiger partial charge on any atom is -0.287 e. The van der Waals surface area contributed by atoms with E-state index in [9.17, 15) is 4.79 Å². The van der Waals surface area contributed by atoms with Crippen molar-refractivity contribution in [3.8, 4) is 0 Å². The zero-order chi connectivity index (χ0) is 11.5. The molecule has 0 amide bonds. The summed E-state index contributed by atoms with van der Waals surface area (Å²) >= 11 is 5.63. The molecule has 0 radical (unpaired) electrons. The highest BCUT2D eigenvalue weighted by Gasteiger charge is 2.10. The van der Waals surface area contributed by atoms with Crippen LogP contribution in [0.5, 0.6) is 0 Å². The molecule has 0 saturated carbocycles. The Kier molecular flexibility index (Phi) is 2.97. The standard InChI is InChI=1S/C12H9ClN2O/c1-8-2-4-9(5-3-8)11(16)10-6-7-14-12(13)15-10/h2-7H,1H3. The molecule has 0 saturated heterocycles. The summed E-state index contributed by atoms with van der Waals surface area (Å²) in [6, 6.07) is 8.86. The molecule has 2 rings (SSSR count). The Hall–Kier alpha value is -1.74. The van der Waals surface area contributed by atoms with E-state index in [4.69, 9.17) is 11.6 Å². The number of carbonyl (C=O) groups excluding carboxylic acids is 1. The minimum atomic E-state index is -0.149. The summed E-state index contributed by atoms with van der Waals surface area (Å²) in [6.07, 6.45) is 1.47. The number of carbonyl (C=O) groups is 1. The van der Waals surface area contributed by atoms with Gasteiger partial charge in [0.05, 0.1) is 0 Å². The van der Waals surface area contributed by atoms with Crippen molar-refractivity contribution in [2.24, 2.45) is 0 Å². The topological polar surface area (TPSA) is 42.9 Å². The average molecular weight is 233 g/mol. The molecule has 0 N–H and O–H groups in total. The molecule has 0 aliphatic carbocycles. The first-order valence-corrected chi connectivity index (χ1v) is 5.14. The van der Waals surface area contributed by atoms with Crippen LogP contribution in [0.25, 0.3) is 0 Å². The van der Waals surface area contributed by atoms with E-state index in [-0.39, 0.29) is 11.1 Å². The van der Waals surface area contributed by atoms with Gasteiger partial charge in [-0.3, -0.25) is 4.79 Å². The third-order valence-corrected chi connectivity index (χ3v) is 2.35. The predicted octanol–water partition coefficient (Wildman–Crippen LogP) is 2.67. The summed E-state index contributed by atoms with van der Waals surface area (Å²) < 4.78 is 0. The molecule has 1 heterocycles. The Morgan fingerprint density at radius 3 is 2.50 bits per heavy atom. The van der Waals surface area contributed by atoms with Crippen molar-refractivity contribution in [1.29, 1.82) is 0 Å². The SMILES string of the molecule is Cc1ccc(C(=O)c2ccnc(Cl)n2)cc1. The van der Waals surface area contributed by atoms with Gasteiger partial charge in [0.1, 0.15) is 5.69 Å². The predicted molar refractivity (Wildman–Crippen MR) is 61.7 cm³/mol. The molecular formula is C12H9ClN2O. The third-order valence-electron chi connectivity index (χ3n) is 2.17. The summed E-state index contributed by atoms with van der Waals surface area (Å²) in [5.41, 5.74) is 2.02. The molecular weight excluding hydrogens is 224 g/mol. The van der Waals surface area contributed by atoms with Crippen LogP contribution in [-0.2, 0) is 0 Å². The largest absolute Gasteiger partial charge is 0.287 e. The maximum atomic E-state index is 12.0. The minimum absolute atomic E-state index is 0.0814. The van der Waals surface area contributed by atoms with Gasteiger partial charge in [-0.1, -0.05) is 29.8 Å². The number of aromatic nitrogens is 2. The van der Waals surface area contributed by atoms with Gasteiger partial charge in [-0.05, 0) is 24.6 Å². The lowest BCUT2D eigenvalue weighted by molar-refractivity contribution is 0.103. The van der Waals surface area contributed by atoms with Crippen LogP contribution >= 0.6 is 11.6 Å². The smallest absolute Gasteiger partial charge is 0.222 e. The number of hydrogen-bond donors (Lipinski definition) is 0. The van der Waals surface area contributed by atoms with E-state index >= 15 is 0 Å². The number of ketones is 1.